The number of fused-ring (bicyclic) bond motifs is 1. The van der Waals surface area contributed by atoms with Crippen LogP contribution in [0.15, 0.2) is 34.8 Å². The molecule has 1 atom stereocenters. The fraction of sp³-hybridized carbons (Fsp3) is 0.308. The molecule has 1 N–H and O–H groups in total. The van der Waals surface area contributed by atoms with Gasteiger partial charge in [-0.25, -0.2) is 0 Å². The van der Waals surface area contributed by atoms with E-state index in [1.54, 1.807) is 0 Å². The molecule has 76 valence electrons. The van der Waals surface area contributed by atoms with Gasteiger partial charge in [0.2, 0.25) is 0 Å². The SMILES string of the molecule is C1=NC[C@@H](CC2=Cc3ccccc3C2)N1. The lowest BCUT2D eigenvalue weighted by molar-refractivity contribution is 0.649. The van der Waals surface area contributed by atoms with E-state index in [1.807, 2.05) is 6.34 Å². The lowest BCUT2D eigenvalue weighted by atomic mass is 10.0. The van der Waals surface area contributed by atoms with Crippen molar-refractivity contribution in [3.05, 3.63) is 41.0 Å². The summed E-state index contributed by atoms with van der Waals surface area (Å²) in [5, 5.41) is 3.28. The lowest BCUT2D eigenvalue weighted by Gasteiger charge is -2.09. The summed E-state index contributed by atoms with van der Waals surface area (Å²) in [5.74, 6) is 0. The summed E-state index contributed by atoms with van der Waals surface area (Å²) >= 11 is 0. The molecule has 2 aliphatic rings. The highest BCUT2D eigenvalue weighted by atomic mass is 15.0. The quantitative estimate of drug-likeness (QED) is 0.772. The molecule has 0 amide bonds. The summed E-state index contributed by atoms with van der Waals surface area (Å²) in [6.45, 7) is 0.924. The van der Waals surface area contributed by atoms with Gasteiger partial charge in [0.05, 0.1) is 18.9 Å². The van der Waals surface area contributed by atoms with Crippen molar-refractivity contribution in [1.82, 2.24) is 5.32 Å². The van der Waals surface area contributed by atoms with E-state index in [4.69, 9.17) is 0 Å². The molecule has 0 saturated carbocycles. The van der Waals surface area contributed by atoms with E-state index in [1.165, 1.54) is 16.7 Å². The van der Waals surface area contributed by atoms with Crippen LogP contribution < -0.4 is 5.32 Å². The van der Waals surface area contributed by atoms with Crippen molar-refractivity contribution in [1.29, 1.82) is 0 Å². The molecular weight excluding hydrogens is 184 g/mol. The van der Waals surface area contributed by atoms with E-state index in [0.29, 0.717) is 6.04 Å². The Kier molecular flexibility index (Phi) is 2.05. The Hall–Kier alpha value is -1.57. The molecule has 1 heterocycles. The van der Waals surface area contributed by atoms with E-state index in [2.05, 4.69) is 40.7 Å². The molecule has 1 aliphatic carbocycles. The highest BCUT2D eigenvalue weighted by molar-refractivity contribution is 5.64. The molecule has 0 radical (unpaired) electrons. The van der Waals surface area contributed by atoms with Gasteiger partial charge in [-0.1, -0.05) is 35.9 Å². The second-order valence-electron chi connectivity index (χ2n) is 4.24. The first kappa shape index (κ1) is 8.72. The maximum atomic E-state index is 4.19. The molecule has 0 spiro atoms. The summed E-state index contributed by atoms with van der Waals surface area (Å²) in [6, 6.07) is 9.16. The van der Waals surface area contributed by atoms with E-state index >= 15 is 0 Å². The third-order valence-corrected chi connectivity index (χ3v) is 3.07. The van der Waals surface area contributed by atoms with Gasteiger partial charge in [-0.3, -0.25) is 4.99 Å². The molecule has 15 heavy (non-hydrogen) atoms. The van der Waals surface area contributed by atoms with Crippen molar-refractivity contribution >= 4 is 12.4 Å². The predicted molar refractivity (Wildman–Crippen MR) is 63.0 cm³/mol. The first-order valence-electron chi connectivity index (χ1n) is 5.43. The van der Waals surface area contributed by atoms with Crippen molar-refractivity contribution in [2.45, 2.75) is 18.9 Å². The summed E-state index contributed by atoms with van der Waals surface area (Å²) in [5.41, 5.74) is 4.39. The van der Waals surface area contributed by atoms with Crippen LogP contribution in [-0.4, -0.2) is 18.9 Å². The van der Waals surface area contributed by atoms with E-state index in [-0.39, 0.29) is 0 Å². The summed E-state index contributed by atoms with van der Waals surface area (Å²) in [4.78, 5) is 4.19. The second-order valence-corrected chi connectivity index (χ2v) is 4.24. The van der Waals surface area contributed by atoms with Gasteiger partial charge in [0, 0.05) is 0 Å². The third kappa shape index (κ3) is 1.67. The van der Waals surface area contributed by atoms with Gasteiger partial charge in [0.1, 0.15) is 0 Å². The van der Waals surface area contributed by atoms with Gasteiger partial charge in [-0.05, 0) is 24.0 Å². The second kappa shape index (κ2) is 3.54. The average molecular weight is 198 g/mol. The third-order valence-electron chi connectivity index (χ3n) is 3.07. The Bertz CT molecular complexity index is 424. The molecular formula is C13H14N2. The van der Waals surface area contributed by atoms with Crippen molar-refractivity contribution in [2.75, 3.05) is 6.54 Å². The normalized spacial score (nSPS) is 22.4. The van der Waals surface area contributed by atoms with Crippen molar-refractivity contribution in [3.8, 4) is 0 Å². The molecule has 2 nitrogen and oxygen atoms in total. The number of nitrogens with zero attached hydrogens (tertiary/aromatic N) is 1. The van der Waals surface area contributed by atoms with Crippen LogP contribution in [-0.2, 0) is 6.42 Å². The van der Waals surface area contributed by atoms with E-state index < -0.39 is 0 Å². The molecule has 2 heteroatoms. The Labute approximate surface area is 89.7 Å². The standard InChI is InChI=1S/C13H14N2/c1-2-4-12-6-10(5-11(12)3-1)7-13-8-14-9-15-13/h1-5,9,13H,6-8H2,(H,14,15)/t13-/m1/s1. The van der Waals surface area contributed by atoms with Crippen LogP contribution in [0.25, 0.3) is 6.08 Å². The van der Waals surface area contributed by atoms with Crippen LogP contribution in [0.3, 0.4) is 0 Å². The molecule has 1 aliphatic heterocycles. The molecule has 1 aromatic rings. The minimum atomic E-state index is 0.519. The highest BCUT2D eigenvalue weighted by Crippen LogP contribution is 2.27. The number of hydrogen-bond acceptors (Lipinski definition) is 2. The zero-order valence-electron chi connectivity index (χ0n) is 8.61. The molecule has 3 rings (SSSR count). The zero-order valence-corrected chi connectivity index (χ0v) is 8.61. The molecule has 0 saturated heterocycles. The Balaban J connectivity index is 1.71. The van der Waals surface area contributed by atoms with Gasteiger partial charge in [-0.15, -0.1) is 0 Å². The number of hydrogen-bond donors (Lipinski definition) is 1. The predicted octanol–water partition coefficient (Wildman–Crippen LogP) is 2.02. The van der Waals surface area contributed by atoms with Crippen molar-refractivity contribution in [3.63, 3.8) is 0 Å². The molecule has 0 aromatic heterocycles. The Morgan fingerprint density at radius 2 is 2.27 bits per heavy atom. The fourth-order valence-electron chi connectivity index (χ4n) is 2.31. The van der Waals surface area contributed by atoms with Gasteiger partial charge in [-0.2, -0.15) is 0 Å². The number of nitrogens with one attached hydrogen (secondary N) is 1. The monoisotopic (exact) mass is 198 g/mol. The van der Waals surface area contributed by atoms with Crippen LogP contribution >= 0.6 is 0 Å². The summed E-state index contributed by atoms with van der Waals surface area (Å²) in [6.07, 6.45) is 6.39. The van der Waals surface area contributed by atoms with E-state index in [9.17, 15) is 0 Å². The molecule has 0 bridgehead atoms. The highest BCUT2D eigenvalue weighted by Gasteiger charge is 2.17. The Morgan fingerprint density at radius 3 is 3.07 bits per heavy atom. The minimum Gasteiger partial charge on any atom is -0.372 e. The van der Waals surface area contributed by atoms with Crippen molar-refractivity contribution < 1.29 is 0 Å². The zero-order chi connectivity index (χ0) is 10.1. The molecule has 0 fully saturated rings. The smallest absolute Gasteiger partial charge is 0.0827 e. The lowest BCUT2D eigenvalue weighted by Crippen LogP contribution is -2.24. The maximum absolute atomic E-state index is 4.19. The van der Waals surface area contributed by atoms with Crippen LogP contribution in [0, 0.1) is 0 Å². The topological polar surface area (TPSA) is 24.4 Å². The van der Waals surface area contributed by atoms with Gasteiger partial charge in [0.25, 0.3) is 0 Å². The average Bonchev–Trinajstić information content (AvgIpc) is 2.86. The van der Waals surface area contributed by atoms with Crippen molar-refractivity contribution in [2.24, 2.45) is 4.99 Å². The Morgan fingerprint density at radius 1 is 1.33 bits per heavy atom. The summed E-state index contributed by atoms with van der Waals surface area (Å²) in [7, 11) is 0. The van der Waals surface area contributed by atoms with Crippen LogP contribution in [0.4, 0.5) is 0 Å². The molecule has 0 unspecified atom stereocenters. The molecule has 1 aromatic carbocycles. The number of aliphatic imine (C=N–C) groups is 1. The van der Waals surface area contributed by atoms with Gasteiger partial charge < -0.3 is 5.32 Å². The first-order valence-corrected chi connectivity index (χ1v) is 5.43. The maximum Gasteiger partial charge on any atom is 0.0827 e. The largest absolute Gasteiger partial charge is 0.372 e. The van der Waals surface area contributed by atoms with Crippen LogP contribution in [0.1, 0.15) is 17.5 Å². The van der Waals surface area contributed by atoms with E-state index in [0.717, 1.165) is 19.4 Å². The number of rotatable bonds is 2. The van der Waals surface area contributed by atoms with Crippen LogP contribution in [0.2, 0.25) is 0 Å². The van der Waals surface area contributed by atoms with Gasteiger partial charge >= 0.3 is 0 Å². The fourth-order valence-corrected chi connectivity index (χ4v) is 2.31. The number of benzene rings is 1. The summed E-state index contributed by atoms with van der Waals surface area (Å²) < 4.78 is 0. The van der Waals surface area contributed by atoms with Crippen LogP contribution in [0.5, 0.6) is 0 Å². The first-order chi connectivity index (χ1) is 7.42. The minimum absolute atomic E-state index is 0.519. The van der Waals surface area contributed by atoms with Gasteiger partial charge in [0.15, 0.2) is 0 Å².